The van der Waals surface area contributed by atoms with Gasteiger partial charge in [-0.1, -0.05) is 162 Å². The molecule has 0 aliphatic carbocycles. The van der Waals surface area contributed by atoms with Crippen molar-refractivity contribution in [3.8, 4) is 34.0 Å². The fraction of sp³-hybridized carbons (Fsp3) is 0.129. The number of hydrogen-bond acceptors (Lipinski definition) is 2. The first-order valence-electron chi connectivity index (χ1n) is 23.9. The van der Waals surface area contributed by atoms with Gasteiger partial charge in [0.2, 0.25) is 0 Å². The lowest BCUT2D eigenvalue weighted by Crippen LogP contribution is -2.59. The number of ether oxygens (including phenoxy) is 1. The number of aromatic nitrogens is 2. The lowest BCUT2D eigenvalue weighted by Gasteiger charge is -2.42. The molecule has 4 nitrogen and oxygen atoms in total. The SMILES string of the molecule is CCCCc1ccc(-c2ccccc2)cc1N1c2cc(-n3c4ccccc4c4ccccc43)ccc2B2c3ccc(-n4c5ccccc5c5ccccc54)cc3Oc3cc(C(C)(C)C)cc1c32. The van der Waals surface area contributed by atoms with Gasteiger partial charge in [0, 0.05) is 56.0 Å². The summed E-state index contributed by atoms with van der Waals surface area (Å²) >= 11 is 0. The first-order valence-corrected chi connectivity index (χ1v) is 23.9. The standard InChI is InChI=1S/C62H50BN3O/c1-5-6-18-41-29-30-42(40-19-8-7-9-20-40)35-56(41)66-57-38-44(64-52-25-14-10-21-46(52)47-22-11-15-26-53(47)64)31-33-50(57)63-51-34-32-45(65-54-27-16-12-23-48(54)49-24-13-17-28-55(49)65)39-59(51)67-60-37-43(62(2,3)4)36-58(66)61(60)63/h7-17,19-39H,5-6,18H2,1-4H3. The summed E-state index contributed by atoms with van der Waals surface area (Å²) in [6, 6.07) is 72.1. The molecule has 322 valence electrons. The summed E-state index contributed by atoms with van der Waals surface area (Å²) in [6.07, 6.45) is 3.20. The van der Waals surface area contributed by atoms with Crippen LogP contribution in [-0.4, -0.2) is 15.8 Å². The van der Waals surface area contributed by atoms with Gasteiger partial charge < -0.3 is 18.8 Å². The van der Waals surface area contributed by atoms with Crippen molar-refractivity contribution in [2.45, 2.75) is 52.4 Å². The molecule has 13 rings (SSSR count). The fourth-order valence-electron chi connectivity index (χ4n) is 11.3. The molecule has 2 aromatic heterocycles. The van der Waals surface area contributed by atoms with Crippen molar-refractivity contribution < 1.29 is 4.74 Å². The van der Waals surface area contributed by atoms with Crippen LogP contribution in [0.1, 0.15) is 51.7 Å². The maximum absolute atomic E-state index is 7.35. The van der Waals surface area contributed by atoms with E-state index in [9.17, 15) is 0 Å². The Bertz CT molecular complexity index is 3670. The van der Waals surface area contributed by atoms with Gasteiger partial charge in [-0.15, -0.1) is 0 Å². The van der Waals surface area contributed by atoms with E-state index in [-0.39, 0.29) is 12.1 Å². The molecule has 2 aliphatic rings. The average molecular weight is 864 g/mol. The molecule has 67 heavy (non-hydrogen) atoms. The first kappa shape index (κ1) is 39.6. The summed E-state index contributed by atoms with van der Waals surface area (Å²) in [4.78, 5) is 2.61. The highest BCUT2D eigenvalue weighted by Crippen LogP contribution is 2.47. The van der Waals surface area contributed by atoms with Crippen molar-refractivity contribution in [1.29, 1.82) is 0 Å². The lowest BCUT2D eigenvalue weighted by molar-refractivity contribution is 0.483. The summed E-state index contributed by atoms with van der Waals surface area (Å²) in [5, 5.41) is 5.01. The maximum Gasteiger partial charge on any atom is 0.256 e. The van der Waals surface area contributed by atoms with Crippen LogP contribution in [0.3, 0.4) is 0 Å². The number of hydrogen-bond donors (Lipinski definition) is 0. The van der Waals surface area contributed by atoms with Gasteiger partial charge >= 0.3 is 0 Å². The zero-order valence-electron chi connectivity index (χ0n) is 38.4. The Morgan fingerprint density at radius 3 is 1.60 bits per heavy atom. The van der Waals surface area contributed by atoms with Crippen molar-refractivity contribution >= 4 is 83.8 Å². The average Bonchev–Trinajstić information content (AvgIpc) is 3.88. The Balaban J connectivity index is 1.10. The molecule has 0 unspecified atom stereocenters. The molecule has 0 radical (unpaired) electrons. The van der Waals surface area contributed by atoms with E-state index in [2.05, 4.69) is 236 Å². The van der Waals surface area contributed by atoms with Crippen LogP contribution in [-0.2, 0) is 11.8 Å². The number of fused-ring (bicyclic) bond motifs is 10. The van der Waals surface area contributed by atoms with Gasteiger partial charge in [-0.2, -0.15) is 0 Å². The second-order valence-corrected chi connectivity index (χ2v) is 19.5. The Labute approximate surface area is 392 Å². The summed E-state index contributed by atoms with van der Waals surface area (Å²) < 4.78 is 12.2. The number of anilines is 3. The third-order valence-electron chi connectivity index (χ3n) is 14.5. The molecule has 0 saturated heterocycles. The molecule has 0 atom stereocenters. The number of aryl methyl sites for hydroxylation is 1. The van der Waals surface area contributed by atoms with E-state index in [4.69, 9.17) is 4.74 Å². The Kier molecular flexibility index (Phi) is 8.95. The van der Waals surface area contributed by atoms with Gasteiger partial charge in [-0.05, 0) is 118 Å². The Hall–Kier alpha value is -7.76. The quantitative estimate of drug-likeness (QED) is 0.149. The van der Waals surface area contributed by atoms with E-state index in [0.717, 1.165) is 42.1 Å². The minimum Gasteiger partial charge on any atom is -0.458 e. The smallest absolute Gasteiger partial charge is 0.256 e. The molecule has 9 aromatic carbocycles. The van der Waals surface area contributed by atoms with Gasteiger partial charge in [-0.25, -0.2) is 0 Å². The molecule has 5 heteroatoms. The van der Waals surface area contributed by atoms with Gasteiger partial charge in [-0.3, -0.25) is 0 Å². The molecule has 0 spiro atoms. The number of nitrogens with zero attached hydrogens (tertiary/aromatic N) is 3. The summed E-state index contributed by atoms with van der Waals surface area (Å²) in [7, 11) is 0. The topological polar surface area (TPSA) is 22.3 Å². The lowest BCUT2D eigenvalue weighted by atomic mass is 9.34. The molecule has 0 saturated carbocycles. The van der Waals surface area contributed by atoms with Gasteiger partial charge in [0.1, 0.15) is 11.5 Å². The van der Waals surface area contributed by atoms with E-state index in [1.54, 1.807) is 0 Å². The van der Waals surface area contributed by atoms with Crippen LogP contribution in [0.2, 0.25) is 0 Å². The third kappa shape index (κ3) is 6.14. The van der Waals surface area contributed by atoms with Crippen LogP contribution in [0.5, 0.6) is 11.5 Å². The molecule has 4 heterocycles. The molecule has 0 amide bonds. The van der Waals surface area contributed by atoms with Crippen LogP contribution in [0.4, 0.5) is 17.1 Å². The van der Waals surface area contributed by atoms with Crippen molar-refractivity contribution in [3.05, 3.63) is 205 Å². The second-order valence-electron chi connectivity index (χ2n) is 19.5. The minimum atomic E-state index is -0.150. The van der Waals surface area contributed by atoms with Crippen molar-refractivity contribution in [2.24, 2.45) is 0 Å². The van der Waals surface area contributed by atoms with Gasteiger partial charge in [0.15, 0.2) is 0 Å². The van der Waals surface area contributed by atoms with Crippen molar-refractivity contribution in [2.75, 3.05) is 4.90 Å². The number of rotatable bonds is 7. The van der Waals surface area contributed by atoms with Crippen LogP contribution in [0.25, 0.3) is 66.1 Å². The molecule has 11 aromatic rings. The van der Waals surface area contributed by atoms with E-state index < -0.39 is 0 Å². The predicted octanol–water partition coefficient (Wildman–Crippen LogP) is 14.6. The van der Waals surface area contributed by atoms with E-state index >= 15 is 0 Å². The highest BCUT2D eigenvalue weighted by molar-refractivity contribution is 6.99. The van der Waals surface area contributed by atoms with Crippen LogP contribution < -0.4 is 26.0 Å². The highest BCUT2D eigenvalue weighted by atomic mass is 16.5. The molecule has 0 bridgehead atoms. The predicted molar refractivity (Wildman–Crippen MR) is 284 cm³/mol. The molecule has 0 fully saturated rings. The third-order valence-corrected chi connectivity index (χ3v) is 14.5. The monoisotopic (exact) mass is 863 g/mol. The largest absolute Gasteiger partial charge is 0.458 e. The Morgan fingerprint density at radius 1 is 0.463 bits per heavy atom. The van der Waals surface area contributed by atoms with Crippen molar-refractivity contribution in [3.63, 3.8) is 0 Å². The second kappa shape index (κ2) is 15.1. The normalized spacial score (nSPS) is 13.0. The minimum absolute atomic E-state index is 0.0650. The zero-order chi connectivity index (χ0) is 45.0. The maximum atomic E-state index is 7.35. The van der Waals surface area contributed by atoms with E-state index in [0.29, 0.717) is 0 Å². The Morgan fingerprint density at radius 2 is 1.01 bits per heavy atom. The molecule has 0 N–H and O–H groups in total. The van der Waals surface area contributed by atoms with Gasteiger partial charge in [0.25, 0.3) is 6.71 Å². The zero-order valence-corrected chi connectivity index (χ0v) is 38.4. The first-order chi connectivity index (χ1) is 32.8. The van der Waals surface area contributed by atoms with Crippen molar-refractivity contribution in [1.82, 2.24) is 9.13 Å². The van der Waals surface area contributed by atoms with Gasteiger partial charge in [0.05, 0.1) is 22.1 Å². The van der Waals surface area contributed by atoms with E-state index in [1.807, 2.05) is 0 Å². The van der Waals surface area contributed by atoms with E-state index in [1.165, 1.54) is 99.3 Å². The summed E-state index contributed by atoms with van der Waals surface area (Å²) in [5.74, 6) is 1.82. The number of unbranched alkanes of at least 4 members (excludes halogenated alkanes) is 1. The number of benzene rings is 9. The van der Waals surface area contributed by atoms with Crippen LogP contribution in [0, 0.1) is 0 Å². The highest BCUT2D eigenvalue weighted by Gasteiger charge is 2.43. The molecule has 2 aliphatic heterocycles. The summed E-state index contributed by atoms with van der Waals surface area (Å²) in [6.45, 7) is 9.19. The molecular weight excluding hydrogens is 814 g/mol. The number of para-hydroxylation sites is 4. The molecular formula is C62H50BN3O. The fourth-order valence-corrected chi connectivity index (χ4v) is 11.3. The summed E-state index contributed by atoms with van der Waals surface area (Å²) in [5.41, 5.74) is 19.1. The van der Waals surface area contributed by atoms with Crippen LogP contribution >= 0.6 is 0 Å². The van der Waals surface area contributed by atoms with Crippen LogP contribution in [0.15, 0.2) is 194 Å².